The molecule has 0 bridgehead atoms. The topological polar surface area (TPSA) is 109 Å². The first kappa shape index (κ1) is 24.9. The van der Waals surface area contributed by atoms with Crippen molar-refractivity contribution in [2.24, 2.45) is 11.7 Å². The molecule has 0 aliphatic carbocycles. The number of carbonyl (C=O) groups excluding carboxylic acids is 2. The molecule has 2 aromatic carbocycles. The van der Waals surface area contributed by atoms with Crippen molar-refractivity contribution in [1.29, 1.82) is 5.41 Å². The molecule has 0 aromatic heterocycles. The van der Waals surface area contributed by atoms with Gasteiger partial charge in [-0.15, -0.1) is 0 Å². The lowest BCUT2D eigenvalue weighted by atomic mass is 9.93. The van der Waals surface area contributed by atoms with Crippen molar-refractivity contribution in [1.82, 2.24) is 9.80 Å². The maximum absolute atomic E-state index is 13.0. The van der Waals surface area contributed by atoms with Gasteiger partial charge in [-0.25, -0.2) is 0 Å². The number of amidine groups is 1. The van der Waals surface area contributed by atoms with Gasteiger partial charge in [0.1, 0.15) is 12.4 Å². The minimum Gasteiger partial charge on any atom is -0.464 e. The van der Waals surface area contributed by atoms with Gasteiger partial charge in [-0.05, 0) is 42.0 Å². The van der Waals surface area contributed by atoms with Crippen LogP contribution in [0.15, 0.2) is 48.5 Å². The van der Waals surface area contributed by atoms with Crippen LogP contribution in [-0.2, 0) is 14.3 Å². The zero-order valence-corrected chi connectivity index (χ0v) is 20.1. The third-order valence-corrected chi connectivity index (χ3v) is 6.79. The number of nitrogen functional groups attached to an aromatic ring is 1. The number of rotatable bonds is 8. The molecule has 1 amide bonds. The first-order valence-electron chi connectivity index (χ1n) is 12.3. The maximum Gasteiger partial charge on any atom is 0.306 e. The monoisotopic (exact) mass is 478 g/mol. The SMILES string of the molecule is N=C(N)c1ccc(-c2ccc(C(=O)N3CCC(CC(=O)OCCN4CCOCC4)CC3)cc2)cc1. The van der Waals surface area contributed by atoms with Crippen LogP contribution in [-0.4, -0.2) is 80.1 Å². The predicted molar refractivity (Wildman–Crippen MR) is 134 cm³/mol. The number of likely N-dealkylation sites (tertiary alicyclic amines) is 1. The van der Waals surface area contributed by atoms with E-state index in [4.69, 9.17) is 20.6 Å². The second-order valence-corrected chi connectivity index (χ2v) is 9.18. The summed E-state index contributed by atoms with van der Waals surface area (Å²) in [6.45, 7) is 5.74. The molecule has 0 spiro atoms. The molecule has 8 heteroatoms. The molecule has 0 atom stereocenters. The number of nitrogens with two attached hydrogens (primary N) is 1. The molecule has 0 saturated carbocycles. The number of hydrogen-bond acceptors (Lipinski definition) is 6. The molecular weight excluding hydrogens is 444 g/mol. The van der Waals surface area contributed by atoms with E-state index in [2.05, 4.69) is 4.90 Å². The van der Waals surface area contributed by atoms with Gasteiger partial charge in [-0.1, -0.05) is 36.4 Å². The van der Waals surface area contributed by atoms with Crippen LogP contribution in [0.4, 0.5) is 0 Å². The summed E-state index contributed by atoms with van der Waals surface area (Å²) in [7, 11) is 0. The largest absolute Gasteiger partial charge is 0.464 e. The summed E-state index contributed by atoms with van der Waals surface area (Å²) in [5, 5.41) is 7.50. The number of benzene rings is 2. The van der Waals surface area contributed by atoms with Crippen molar-refractivity contribution in [3.05, 3.63) is 59.7 Å². The van der Waals surface area contributed by atoms with E-state index in [9.17, 15) is 9.59 Å². The van der Waals surface area contributed by atoms with Gasteiger partial charge >= 0.3 is 5.97 Å². The van der Waals surface area contributed by atoms with Crippen molar-refractivity contribution in [3.63, 3.8) is 0 Å². The Morgan fingerprint density at radius 2 is 1.49 bits per heavy atom. The molecule has 2 aliphatic heterocycles. The quantitative estimate of drug-likeness (QED) is 0.343. The molecule has 186 valence electrons. The first-order chi connectivity index (χ1) is 17.0. The molecular formula is C27H34N4O4. The molecule has 2 aromatic rings. The number of carbonyl (C=O) groups is 2. The van der Waals surface area contributed by atoms with Gasteiger partial charge in [-0.3, -0.25) is 19.9 Å². The van der Waals surface area contributed by atoms with Gasteiger partial charge in [0.05, 0.1) is 13.2 Å². The van der Waals surface area contributed by atoms with E-state index < -0.39 is 0 Å². The number of morpholine rings is 1. The standard InChI is InChI=1S/C27H34N4O4/c28-26(29)23-5-1-21(2-6-23)22-3-7-24(8-4-22)27(33)31-11-9-20(10-12-31)19-25(32)35-18-15-30-13-16-34-17-14-30/h1-8,20H,9-19H2,(H3,28,29). The van der Waals surface area contributed by atoms with Gasteiger partial charge in [0.25, 0.3) is 5.91 Å². The molecule has 0 radical (unpaired) electrons. The van der Waals surface area contributed by atoms with E-state index in [1.165, 1.54) is 0 Å². The van der Waals surface area contributed by atoms with E-state index in [-0.39, 0.29) is 23.6 Å². The maximum atomic E-state index is 13.0. The van der Waals surface area contributed by atoms with Gasteiger partial charge in [0.15, 0.2) is 0 Å². The fourth-order valence-electron chi connectivity index (χ4n) is 4.58. The number of amides is 1. The number of ether oxygens (including phenoxy) is 2. The molecule has 0 unspecified atom stereocenters. The van der Waals surface area contributed by atoms with Crippen molar-refractivity contribution in [3.8, 4) is 11.1 Å². The van der Waals surface area contributed by atoms with Gasteiger partial charge in [0.2, 0.25) is 0 Å². The highest BCUT2D eigenvalue weighted by Gasteiger charge is 2.25. The van der Waals surface area contributed by atoms with Crippen molar-refractivity contribution >= 4 is 17.7 Å². The highest BCUT2D eigenvalue weighted by molar-refractivity contribution is 5.96. The van der Waals surface area contributed by atoms with Crippen LogP contribution < -0.4 is 5.73 Å². The summed E-state index contributed by atoms with van der Waals surface area (Å²) in [6, 6.07) is 15.1. The normalized spacial score (nSPS) is 17.2. The van der Waals surface area contributed by atoms with E-state index in [1.807, 2.05) is 53.4 Å². The van der Waals surface area contributed by atoms with Gasteiger partial charge in [0, 0.05) is 50.3 Å². The summed E-state index contributed by atoms with van der Waals surface area (Å²) >= 11 is 0. The lowest BCUT2D eigenvalue weighted by molar-refractivity contribution is -0.145. The van der Waals surface area contributed by atoms with Crippen LogP contribution in [0.1, 0.15) is 35.2 Å². The van der Waals surface area contributed by atoms with Crippen molar-refractivity contribution in [2.75, 3.05) is 52.5 Å². The second kappa shape index (κ2) is 12.0. The predicted octanol–water partition coefficient (Wildman–Crippen LogP) is 2.76. The Bertz CT molecular complexity index is 1010. The Hall–Kier alpha value is -3.23. The Labute approximate surface area is 206 Å². The molecule has 2 fully saturated rings. The summed E-state index contributed by atoms with van der Waals surface area (Å²) in [5.74, 6) is 0.183. The van der Waals surface area contributed by atoms with Crippen molar-refractivity contribution < 1.29 is 19.1 Å². The van der Waals surface area contributed by atoms with Crippen LogP contribution in [0.25, 0.3) is 11.1 Å². The Morgan fingerprint density at radius 1 is 0.914 bits per heavy atom. The fraction of sp³-hybridized carbons (Fsp3) is 0.444. The molecule has 3 N–H and O–H groups in total. The minimum atomic E-state index is -0.144. The van der Waals surface area contributed by atoms with E-state index in [0.717, 1.165) is 56.8 Å². The van der Waals surface area contributed by atoms with Gasteiger partial charge < -0.3 is 20.1 Å². The van der Waals surface area contributed by atoms with Crippen LogP contribution in [0, 0.1) is 11.3 Å². The average molecular weight is 479 g/mol. The highest BCUT2D eigenvalue weighted by Crippen LogP contribution is 2.24. The molecule has 35 heavy (non-hydrogen) atoms. The Morgan fingerprint density at radius 3 is 2.06 bits per heavy atom. The average Bonchev–Trinajstić information content (AvgIpc) is 2.89. The molecule has 2 saturated heterocycles. The number of nitrogens with zero attached hydrogens (tertiary/aromatic N) is 2. The summed E-state index contributed by atoms with van der Waals surface area (Å²) in [6.07, 6.45) is 2.04. The Kier molecular flexibility index (Phi) is 8.50. The third-order valence-electron chi connectivity index (χ3n) is 6.79. The second-order valence-electron chi connectivity index (χ2n) is 9.18. The number of esters is 1. The zero-order valence-electron chi connectivity index (χ0n) is 20.1. The Balaban J connectivity index is 1.20. The minimum absolute atomic E-state index is 0.0232. The van der Waals surface area contributed by atoms with Crippen LogP contribution in [0.5, 0.6) is 0 Å². The smallest absolute Gasteiger partial charge is 0.306 e. The summed E-state index contributed by atoms with van der Waals surface area (Å²) < 4.78 is 10.8. The van der Waals surface area contributed by atoms with Crippen LogP contribution >= 0.6 is 0 Å². The number of nitrogens with one attached hydrogen (secondary N) is 1. The zero-order chi connectivity index (χ0) is 24.6. The summed E-state index contributed by atoms with van der Waals surface area (Å²) in [5.41, 5.74) is 8.87. The van der Waals surface area contributed by atoms with Crippen molar-refractivity contribution in [2.45, 2.75) is 19.3 Å². The number of piperidine rings is 1. The van der Waals surface area contributed by atoms with E-state index >= 15 is 0 Å². The third kappa shape index (κ3) is 6.90. The molecule has 2 aliphatic rings. The van der Waals surface area contributed by atoms with Crippen LogP contribution in [0.3, 0.4) is 0 Å². The van der Waals surface area contributed by atoms with Gasteiger partial charge in [-0.2, -0.15) is 0 Å². The molecule has 4 rings (SSSR count). The van der Waals surface area contributed by atoms with E-state index in [0.29, 0.717) is 37.2 Å². The molecule has 2 heterocycles. The van der Waals surface area contributed by atoms with Crippen LogP contribution in [0.2, 0.25) is 0 Å². The first-order valence-corrected chi connectivity index (χ1v) is 12.3. The lowest BCUT2D eigenvalue weighted by Crippen LogP contribution is -2.39. The van der Waals surface area contributed by atoms with E-state index in [1.54, 1.807) is 0 Å². The fourth-order valence-corrected chi connectivity index (χ4v) is 4.58. The lowest BCUT2D eigenvalue weighted by Gasteiger charge is -2.31. The number of hydrogen-bond donors (Lipinski definition) is 2. The summed E-state index contributed by atoms with van der Waals surface area (Å²) in [4.78, 5) is 29.3. The molecule has 8 nitrogen and oxygen atoms in total. The highest BCUT2D eigenvalue weighted by atomic mass is 16.5.